The first-order chi connectivity index (χ1) is 11.9. The van der Waals surface area contributed by atoms with E-state index in [1.54, 1.807) is 42.5 Å². The van der Waals surface area contributed by atoms with E-state index in [0.717, 1.165) is 0 Å². The predicted molar refractivity (Wildman–Crippen MR) is 98.2 cm³/mol. The summed E-state index contributed by atoms with van der Waals surface area (Å²) in [5, 5.41) is 11.2. The van der Waals surface area contributed by atoms with Crippen molar-refractivity contribution in [2.24, 2.45) is 0 Å². The number of hydrogen-bond acceptors (Lipinski definition) is 4. The maximum atomic E-state index is 12.2. The molecule has 0 aliphatic rings. The van der Waals surface area contributed by atoms with E-state index in [-0.39, 0.29) is 22.3 Å². The van der Waals surface area contributed by atoms with E-state index >= 15 is 0 Å². The zero-order valence-electron chi connectivity index (χ0n) is 14.6. The molecule has 5 nitrogen and oxygen atoms in total. The highest BCUT2D eigenvalue weighted by molar-refractivity contribution is 6.06. The molecule has 0 saturated carbocycles. The second kappa shape index (κ2) is 8.24. The molecule has 0 saturated heterocycles. The van der Waals surface area contributed by atoms with Crippen LogP contribution in [0.2, 0.25) is 0 Å². The van der Waals surface area contributed by atoms with E-state index in [1.807, 2.05) is 20.8 Å². The van der Waals surface area contributed by atoms with Gasteiger partial charge in [-0.25, -0.2) is 0 Å². The predicted octanol–water partition coefficient (Wildman–Crippen LogP) is 5.01. The van der Waals surface area contributed by atoms with Gasteiger partial charge in [-0.05, 0) is 48.7 Å². The summed E-state index contributed by atoms with van der Waals surface area (Å²) in [6.45, 7) is 6.28. The number of nitro groups is 1. The Labute approximate surface area is 147 Å². The molecule has 0 fully saturated rings. The highest BCUT2D eigenvalue weighted by Crippen LogP contribution is 2.27. The molecule has 130 valence electrons. The maximum absolute atomic E-state index is 12.2. The smallest absolute Gasteiger partial charge is 0.273 e. The number of carbonyl (C=O) groups is 1. The summed E-state index contributed by atoms with van der Waals surface area (Å²) in [5.74, 6) is 0.602. The van der Waals surface area contributed by atoms with Crippen LogP contribution < -0.4 is 4.74 Å². The van der Waals surface area contributed by atoms with Gasteiger partial charge < -0.3 is 4.74 Å². The lowest BCUT2D eigenvalue weighted by Crippen LogP contribution is -1.98. The molecule has 0 amide bonds. The normalized spacial score (nSPS) is 11.0. The molecule has 2 aromatic carbocycles. The highest BCUT2D eigenvalue weighted by Gasteiger charge is 2.16. The van der Waals surface area contributed by atoms with Gasteiger partial charge in [-0.3, -0.25) is 14.9 Å². The number of ether oxygens (including phenoxy) is 1. The van der Waals surface area contributed by atoms with Gasteiger partial charge in [0.2, 0.25) is 0 Å². The van der Waals surface area contributed by atoms with Crippen molar-refractivity contribution < 1.29 is 14.5 Å². The van der Waals surface area contributed by atoms with E-state index in [9.17, 15) is 14.9 Å². The molecule has 5 heteroatoms. The van der Waals surface area contributed by atoms with Gasteiger partial charge in [-0.2, -0.15) is 0 Å². The van der Waals surface area contributed by atoms with Gasteiger partial charge in [0.25, 0.3) is 5.69 Å². The lowest BCUT2D eigenvalue weighted by atomic mass is 9.99. The fourth-order valence-corrected chi connectivity index (χ4v) is 2.46. The SMILES string of the molecule is CCOc1ccc(C(=O)/C=C/c2ccc(C(C)C)c([N+](=O)[O-])c2)cc1. The first kappa shape index (κ1) is 18.4. The Balaban J connectivity index is 2.19. The van der Waals surface area contributed by atoms with Crippen LogP contribution in [-0.2, 0) is 0 Å². The summed E-state index contributed by atoms with van der Waals surface area (Å²) in [6.07, 6.45) is 3.01. The average molecular weight is 339 g/mol. The quantitative estimate of drug-likeness (QED) is 0.308. The zero-order chi connectivity index (χ0) is 18.4. The van der Waals surface area contributed by atoms with Crippen LogP contribution in [0, 0.1) is 10.1 Å². The Kier molecular flexibility index (Phi) is 6.06. The molecule has 25 heavy (non-hydrogen) atoms. The minimum Gasteiger partial charge on any atom is -0.494 e. The molecule has 0 heterocycles. The van der Waals surface area contributed by atoms with Crippen LogP contribution >= 0.6 is 0 Å². The van der Waals surface area contributed by atoms with E-state index in [1.165, 1.54) is 12.1 Å². The van der Waals surface area contributed by atoms with Crippen LogP contribution in [0.1, 0.15) is 48.2 Å². The Morgan fingerprint density at radius 3 is 2.44 bits per heavy atom. The van der Waals surface area contributed by atoms with E-state index in [4.69, 9.17) is 4.74 Å². The molecular formula is C20H21NO4. The molecule has 0 radical (unpaired) electrons. The third-order valence-corrected chi connectivity index (χ3v) is 3.75. The van der Waals surface area contributed by atoms with E-state index in [0.29, 0.717) is 29.0 Å². The number of nitrogens with zero attached hydrogens (tertiary/aromatic N) is 1. The number of ketones is 1. The molecule has 0 aromatic heterocycles. The van der Waals surface area contributed by atoms with Crippen LogP contribution in [0.25, 0.3) is 6.08 Å². The summed E-state index contributed by atoms with van der Waals surface area (Å²) in [7, 11) is 0. The Bertz CT molecular complexity index is 792. The monoisotopic (exact) mass is 339 g/mol. The number of benzene rings is 2. The molecule has 0 aliphatic carbocycles. The zero-order valence-corrected chi connectivity index (χ0v) is 14.6. The molecule has 0 unspecified atom stereocenters. The minimum atomic E-state index is -0.388. The molecule has 0 aliphatic heterocycles. The first-order valence-corrected chi connectivity index (χ1v) is 8.16. The van der Waals surface area contributed by atoms with Crippen LogP contribution in [0.3, 0.4) is 0 Å². The average Bonchev–Trinajstić information content (AvgIpc) is 2.60. The van der Waals surface area contributed by atoms with E-state index in [2.05, 4.69) is 0 Å². The molecule has 0 spiro atoms. The van der Waals surface area contributed by atoms with Crippen LogP contribution in [0.4, 0.5) is 5.69 Å². The number of rotatable bonds is 7. The third kappa shape index (κ3) is 4.76. The number of allylic oxidation sites excluding steroid dienone is 1. The topological polar surface area (TPSA) is 69.4 Å². The Hall–Kier alpha value is -2.95. The van der Waals surface area contributed by atoms with Crippen molar-refractivity contribution >= 4 is 17.5 Å². The largest absolute Gasteiger partial charge is 0.494 e. The van der Waals surface area contributed by atoms with Gasteiger partial charge in [0.05, 0.1) is 11.5 Å². The van der Waals surface area contributed by atoms with Gasteiger partial charge in [-0.15, -0.1) is 0 Å². The Morgan fingerprint density at radius 2 is 1.88 bits per heavy atom. The fraction of sp³-hybridized carbons (Fsp3) is 0.250. The van der Waals surface area contributed by atoms with E-state index < -0.39 is 0 Å². The molecule has 2 rings (SSSR count). The molecule has 2 aromatic rings. The molecule has 0 N–H and O–H groups in total. The lowest BCUT2D eigenvalue weighted by molar-refractivity contribution is -0.385. The minimum absolute atomic E-state index is 0.0592. The summed E-state index contributed by atoms with van der Waals surface area (Å²) in [6, 6.07) is 11.9. The van der Waals surface area contributed by atoms with Crippen molar-refractivity contribution in [1.29, 1.82) is 0 Å². The molecule has 0 bridgehead atoms. The number of nitro benzene ring substituents is 1. The maximum Gasteiger partial charge on any atom is 0.273 e. The lowest BCUT2D eigenvalue weighted by Gasteiger charge is -2.07. The van der Waals surface area contributed by atoms with Gasteiger partial charge >= 0.3 is 0 Å². The van der Waals surface area contributed by atoms with Crippen molar-refractivity contribution in [2.45, 2.75) is 26.7 Å². The standard InChI is InChI=1S/C20H21NO4/c1-4-25-17-9-7-16(8-10-17)20(22)12-6-15-5-11-18(14(2)3)19(13-15)21(23)24/h5-14H,4H2,1-3H3/b12-6+. The van der Waals surface area contributed by atoms with Gasteiger partial charge in [0, 0.05) is 17.2 Å². The Morgan fingerprint density at radius 1 is 1.20 bits per heavy atom. The van der Waals surface area contributed by atoms with Crippen molar-refractivity contribution in [3.05, 3.63) is 75.3 Å². The van der Waals surface area contributed by atoms with Crippen molar-refractivity contribution in [1.82, 2.24) is 0 Å². The summed E-state index contributed by atoms with van der Waals surface area (Å²) in [5.41, 5.74) is 1.91. The highest BCUT2D eigenvalue weighted by atomic mass is 16.6. The number of carbonyl (C=O) groups excluding carboxylic acids is 1. The van der Waals surface area contributed by atoms with Crippen molar-refractivity contribution in [2.75, 3.05) is 6.61 Å². The first-order valence-electron chi connectivity index (χ1n) is 8.16. The van der Waals surface area contributed by atoms with Crippen LogP contribution in [0.15, 0.2) is 48.5 Å². The summed E-state index contributed by atoms with van der Waals surface area (Å²) >= 11 is 0. The second-order valence-electron chi connectivity index (χ2n) is 5.89. The third-order valence-electron chi connectivity index (χ3n) is 3.75. The fourth-order valence-electron chi connectivity index (χ4n) is 2.46. The van der Waals surface area contributed by atoms with Gasteiger partial charge in [-0.1, -0.05) is 32.1 Å². The van der Waals surface area contributed by atoms with Crippen molar-refractivity contribution in [3.63, 3.8) is 0 Å². The van der Waals surface area contributed by atoms with Crippen LogP contribution in [0.5, 0.6) is 5.75 Å². The van der Waals surface area contributed by atoms with Crippen molar-refractivity contribution in [3.8, 4) is 5.75 Å². The van der Waals surface area contributed by atoms with Crippen LogP contribution in [-0.4, -0.2) is 17.3 Å². The summed E-state index contributed by atoms with van der Waals surface area (Å²) < 4.78 is 5.34. The molecule has 0 atom stereocenters. The van der Waals surface area contributed by atoms with Gasteiger partial charge in [0.1, 0.15) is 5.75 Å². The second-order valence-corrected chi connectivity index (χ2v) is 5.89. The molecular weight excluding hydrogens is 318 g/mol. The van der Waals surface area contributed by atoms with Gasteiger partial charge in [0.15, 0.2) is 5.78 Å². The summed E-state index contributed by atoms with van der Waals surface area (Å²) in [4.78, 5) is 23.1. The number of hydrogen-bond donors (Lipinski definition) is 0.